The molecule has 1 aromatic rings. The van der Waals surface area contributed by atoms with Crippen molar-refractivity contribution in [3.8, 4) is 5.75 Å². The highest BCUT2D eigenvalue weighted by Gasteiger charge is 1.97. The van der Waals surface area contributed by atoms with Gasteiger partial charge < -0.3 is 4.74 Å². The van der Waals surface area contributed by atoms with Gasteiger partial charge in [-0.05, 0) is 30.5 Å². The second kappa shape index (κ2) is 5.19. The third-order valence-electron chi connectivity index (χ3n) is 1.26. The standard InChI is InChI=1S/C9H10O2S2/c1-7(10)11-8-3-5-9(6-4-8)13-12-2/h3-6H,1-2H3. The third kappa shape index (κ3) is 3.74. The number of carbonyl (C=O) groups excluding carboxylic acids is 1. The molecule has 70 valence electrons. The molecule has 0 fully saturated rings. The molecule has 0 N–H and O–H groups in total. The summed E-state index contributed by atoms with van der Waals surface area (Å²) in [5.74, 6) is 0.309. The van der Waals surface area contributed by atoms with Crippen LogP contribution >= 0.6 is 21.6 Å². The van der Waals surface area contributed by atoms with Crippen molar-refractivity contribution >= 4 is 27.6 Å². The Morgan fingerprint density at radius 2 is 1.92 bits per heavy atom. The van der Waals surface area contributed by atoms with Crippen LogP contribution in [0, 0.1) is 0 Å². The Morgan fingerprint density at radius 3 is 2.38 bits per heavy atom. The molecule has 0 aliphatic heterocycles. The number of rotatable bonds is 3. The quantitative estimate of drug-likeness (QED) is 0.439. The third-order valence-corrected chi connectivity index (χ3v) is 2.97. The molecule has 0 atom stereocenters. The van der Waals surface area contributed by atoms with Crippen LogP contribution in [0.5, 0.6) is 5.75 Å². The van der Waals surface area contributed by atoms with E-state index in [4.69, 9.17) is 4.74 Å². The van der Waals surface area contributed by atoms with Crippen molar-refractivity contribution in [1.82, 2.24) is 0 Å². The summed E-state index contributed by atoms with van der Waals surface area (Å²) in [6.45, 7) is 1.39. The Labute approximate surface area is 85.4 Å². The Hall–Kier alpha value is -0.610. The van der Waals surface area contributed by atoms with Gasteiger partial charge in [0.2, 0.25) is 0 Å². The first-order chi connectivity index (χ1) is 6.22. The van der Waals surface area contributed by atoms with Crippen LogP contribution in [0.25, 0.3) is 0 Å². The van der Waals surface area contributed by atoms with Gasteiger partial charge in [0.1, 0.15) is 5.75 Å². The summed E-state index contributed by atoms with van der Waals surface area (Å²) in [6.07, 6.45) is 2.02. The minimum Gasteiger partial charge on any atom is -0.427 e. The highest BCUT2D eigenvalue weighted by molar-refractivity contribution is 8.76. The number of hydrogen-bond donors (Lipinski definition) is 0. The fourth-order valence-electron chi connectivity index (χ4n) is 0.825. The smallest absolute Gasteiger partial charge is 0.308 e. The molecule has 1 rings (SSSR count). The van der Waals surface area contributed by atoms with Crippen LogP contribution in [-0.4, -0.2) is 12.2 Å². The summed E-state index contributed by atoms with van der Waals surface area (Å²) >= 11 is 0. The van der Waals surface area contributed by atoms with Gasteiger partial charge in [-0.1, -0.05) is 21.6 Å². The van der Waals surface area contributed by atoms with E-state index in [2.05, 4.69) is 0 Å². The molecule has 13 heavy (non-hydrogen) atoms. The summed E-state index contributed by atoms with van der Waals surface area (Å²) in [6, 6.07) is 7.44. The first-order valence-electron chi connectivity index (χ1n) is 3.71. The van der Waals surface area contributed by atoms with E-state index in [1.54, 1.807) is 33.7 Å². The van der Waals surface area contributed by atoms with E-state index < -0.39 is 0 Å². The van der Waals surface area contributed by atoms with E-state index in [9.17, 15) is 4.79 Å². The minimum atomic E-state index is -0.287. The zero-order valence-electron chi connectivity index (χ0n) is 7.44. The van der Waals surface area contributed by atoms with Crippen molar-refractivity contribution in [1.29, 1.82) is 0 Å². The summed E-state index contributed by atoms with van der Waals surface area (Å²) in [5.41, 5.74) is 0. The molecule has 0 saturated heterocycles. The van der Waals surface area contributed by atoms with E-state index in [-0.39, 0.29) is 5.97 Å². The topological polar surface area (TPSA) is 26.3 Å². The van der Waals surface area contributed by atoms with Crippen LogP contribution in [0.3, 0.4) is 0 Å². The monoisotopic (exact) mass is 214 g/mol. The Balaban J connectivity index is 2.64. The lowest BCUT2D eigenvalue weighted by molar-refractivity contribution is -0.131. The summed E-state index contributed by atoms with van der Waals surface area (Å²) < 4.78 is 4.89. The van der Waals surface area contributed by atoms with E-state index in [1.165, 1.54) is 6.92 Å². The van der Waals surface area contributed by atoms with Gasteiger partial charge in [0.15, 0.2) is 0 Å². The summed E-state index contributed by atoms with van der Waals surface area (Å²) in [5, 5.41) is 0. The predicted molar refractivity (Wildman–Crippen MR) is 57.1 cm³/mol. The predicted octanol–water partition coefficient (Wildman–Crippen LogP) is 2.98. The van der Waals surface area contributed by atoms with Gasteiger partial charge in [-0.2, -0.15) is 0 Å². The second-order valence-electron chi connectivity index (χ2n) is 2.32. The number of ether oxygens (including phenoxy) is 1. The van der Waals surface area contributed by atoms with Crippen LogP contribution in [0.1, 0.15) is 6.92 Å². The number of hydrogen-bond acceptors (Lipinski definition) is 4. The molecular formula is C9H10O2S2. The van der Waals surface area contributed by atoms with Crippen molar-refractivity contribution in [2.24, 2.45) is 0 Å². The molecular weight excluding hydrogens is 204 g/mol. The highest BCUT2D eigenvalue weighted by Crippen LogP contribution is 2.29. The van der Waals surface area contributed by atoms with Gasteiger partial charge in [0.05, 0.1) is 0 Å². The Bertz CT molecular complexity index is 282. The van der Waals surface area contributed by atoms with Crippen molar-refractivity contribution in [3.63, 3.8) is 0 Å². The van der Waals surface area contributed by atoms with Crippen LogP contribution in [0.2, 0.25) is 0 Å². The van der Waals surface area contributed by atoms with Crippen LogP contribution < -0.4 is 4.74 Å². The van der Waals surface area contributed by atoms with Gasteiger partial charge in [0.25, 0.3) is 0 Å². The summed E-state index contributed by atoms with van der Waals surface area (Å²) in [7, 11) is 3.36. The molecule has 0 saturated carbocycles. The van der Waals surface area contributed by atoms with Gasteiger partial charge in [-0.25, -0.2) is 0 Å². The van der Waals surface area contributed by atoms with Crippen LogP contribution in [-0.2, 0) is 4.79 Å². The maximum atomic E-state index is 10.6. The highest BCUT2D eigenvalue weighted by atomic mass is 33.1. The lowest BCUT2D eigenvalue weighted by atomic mass is 10.3. The molecule has 0 heterocycles. The molecule has 0 amide bonds. The lowest BCUT2D eigenvalue weighted by Crippen LogP contribution is -2.00. The average Bonchev–Trinajstić information content (AvgIpc) is 2.08. The largest absolute Gasteiger partial charge is 0.427 e. The molecule has 1 aromatic carbocycles. The van der Waals surface area contributed by atoms with Crippen molar-refractivity contribution < 1.29 is 9.53 Å². The van der Waals surface area contributed by atoms with E-state index >= 15 is 0 Å². The molecule has 0 bridgehead atoms. The van der Waals surface area contributed by atoms with Gasteiger partial charge in [0, 0.05) is 11.8 Å². The zero-order valence-corrected chi connectivity index (χ0v) is 9.08. The lowest BCUT2D eigenvalue weighted by Gasteiger charge is -2.01. The second-order valence-corrected chi connectivity index (χ2v) is 4.79. The van der Waals surface area contributed by atoms with Gasteiger partial charge in [-0.15, -0.1) is 0 Å². The number of carbonyl (C=O) groups is 1. The zero-order chi connectivity index (χ0) is 9.68. The molecule has 0 aromatic heterocycles. The first kappa shape index (κ1) is 10.5. The van der Waals surface area contributed by atoms with Crippen molar-refractivity contribution in [2.45, 2.75) is 11.8 Å². The maximum absolute atomic E-state index is 10.6. The van der Waals surface area contributed by atoms with Crippen LogP contribution in [0.4, 0.5) is 0 Å². The molecule has 0 spiro atoms. The molecule has 0 radical (unpaired) electrons. The molecule has 0 unspecified atom stereocenters. The van der Waals surface area contributed by atoms with Crippen molar-refractivity contribution in [2.75, 3.05) is 6.26 Å². The number of esters is 1. The maximum Gasteiger partial charge on any atom is 0.308 e. The van der Waals surface area contributed by atoms with Crippen LogP contribution in [0.15, 0.2) is 29.2 Å². The Morgan fingerprint density at radius 1 is 1.31 bits per heavy atom. The summed E-state index contributed by atoms with van der Waals surface area (Å²) in [4.78, 5) is 11.7. The molecule has 4 heteroatoms. The SMILES string of the molecule is CSSc1ccc(OC(C)=O)cc1. The normalized spacial score (nSPS) is 9.69. The Kier molecular flexibility index (Phi) is 4.18. The van der Waals surface area contributed by atoms with E-state index in [0.29, 0.717) is 5.75 Å². The van der Waals surface area contributed by atoms with E-state index in [0.717, 1.165) is 4.90 Å². The molecule has 2 nitrogen and oxygen atoms in total. The van der Waals surface area contributed by atoms with Gasteiger partial charge in [-0.3, -0.25) is 4.79 Å². The first-order valence-corrected chi connectivity index (χ1v) is 6.27. The fraction of sp³-hybridized carbons (Fsp3) is 0.222. The minimum absolute atomic E-state index is 0.287. The average molecular weight is 214 g/mol. The van der Waals surface area contributed by atoms with E-state index in [1.807, 2.05) is 18.4 Å². The van der Waals surface area contributed by atoms with Gasteiger partial charge >= 0.3 is 5.97 Å². The fourth-order valence-corrected chi connectivity index (χ4v) is 2.18. The van der Waals surface area contributed by atoms with Crippen molar-refractivity contribution in [3.05, 3.63) is 24.3 Å². The number of benzene rings is 1. The molecule has 0 aliphatic carbocycles. The molecule has 0 aliphatic rings.